The number of rotatable bonds is 13. The Morgan fingerprint density at radius 1 is 0.871 bits per heavy atom. The molecule has 0 aromatic rings. The summed E-state index contributed by atoms with van der Waals surface area (Å²) in [4.78, 5) is 15.3. The van der Waals surface area contributed by atoms with Crippen LogP contribution in [0, 0.1) is 5.41 Å². The van der Waals surface area contributed by atoms with Crippen molar-refractivity contribution in [1.29, 1.82) is 5.41 Å². The van der Waals surface area contributed by atoms with Gasteiger partial charge in [0.05, 0.1) is 0 Å². The van der Waals surface area contributed by atoms with Crippen LogP contribution in [-0.4, -0.2) is 42.0 Å². The second-order valence-corrected chi connectivity index (χ2v) is 6.74. The van der Waals surface area contributed by atoms with E-state index >= 15 is 0 Å². The Bertz CT molecular complexity index is 644. The summed E-state index contributed by atoms with van der Waals surface area (Å²) in [5.41, 5.74) is 10.2. The maximum atomic E-state index is 10.3. The molecule has 0 aliphatic rings. The van der Waals surface area contributed by atoms with Crippen LogP contribution in [0.3, 0.4) is 0 Å². The van der Waals surface area contributed by atoms with E-state index < -0.39 is 5.97 Å². The fourth-order valence-electron chi connectivity index (χ4n) is 1.96. The third-order valence-corrected chi connectivity index (χ3v) is 3.61. The van der Waals surface area contributed by atoms with Crippen LogP contribution in [0.25, 0.3) is 0 Å². The smallest absolute Gasteiger partial charge is 0.303 e. The number of guanidine groups is 2. The maximum absolute atomic E-state index is 10.3. The molecule has 0 fully saturated rings. The number of carbonyl (C=O) groups is 1. The minimum atomic E-state index is -0.715. The average molecular weight is 432 g/mol. The molecule has 0 saturated heterocycles. The van der Waals surface area contributed by atoms with Gasteiger partial charge in [0.15, 0.2) is 5.96 Å². The van der Waals surface area contributed by atoms with Crippen molar-refractivity contribution >= 4 is 17.9 Å². The molecular formula is C24H41N5O2. The van der Waals surface area contributed by atoms with Crippen LogP contribution in [0.5, 0.6) is 0 Å². The van der Waals surface area contributed by atoms with Crippen LogP contribution in [0.15, 0.2) is 65.8 Å². The Balaban J connectivity index is 0. The van der Waals surface area contributed by atoms with Crippen molar-refractivity contribution in [2.24, 2.45) is 16.5 Å². The number of unbranched alkanes of at least 4 members (excludes halogenated alkanes) is 1. The summed E-state index contributed by atoms with van der Waals surface area (Å²) in [5.74, 6) is -0.754. The molecular weight excluding hydrogens is 390 g/mol. The lowest BCUT2D eigenvalue weighted by atomic mass is 10.2. The third kappa shape index (κ3) is 29.2. The standard InChI is InChI=1S/C20H30O2.C4H11N5/c1-2-3-4-5-6-7-8-9-10-11-12-13-14-15-16-17-18-19-20(21)22;1-9(2)4(7)8-3(5)6/h3-4,6-7,9-10,12-13,15-16H,2,5,8,11,14,17-19H2,1H3,(H,21,22);1-2H3,(H5,5,6,7,8)/b4-3-,7-6-,10-9-,13-12-,16-15-;. The van der Waals surface area contributed by atoms with Crippen molar-refractivity contribution in [3.05, 3.63) is 60.8 Å². The normalized spacial score (nSPS) is 12.3. The van der Waals surface area contributed by atoms with Gasteiger partial charge in [-0.05, 0) is 44.9 Å². The summed E-state index contributed by atoms with van der Waals surface area (Å²) in [6.45, 7) is 2.14. The van der Waals surface area contributed by atoms with E-state index in [1.165, 1.54) is 0 Å². The van der Waals surface area contributed by atoms with Gasteiger partial charge in [-0.3, -0.25) is 10.2 Å². The summed E-state index contributed by atoms with van der Waals surface area (Å²) < 4.78 is 0. The maximum Gasteiger partial charge on any atom is 0.303 e. The first-order valence-corrected chi connectivity index (χ1v) is 10.6. The van der Waals surface area contributed by atoms with E-state index in [1.54, 1.807) is 19.0 Å². The molecule has 0 bridgehead atoms. The number of nitrogens with one attached hydrogen (secondary N) is 1. The molecule has 0 spiro atoms. The zero-order valence-electron chi connectivity index (χ0n) is 19.3. The predicted octanol–water partition coefficient (Wildman–Crippen LogP) is 4.75. The number of hydrogen-bond acceptors (Lipinski definition) is 2. The number of allylic oxidation sites excluding steroid dienone is 10. The number of aliphatic carboxylic acids is 1. The van der Waals surface area contributed by atoms with Gasteiger partial charge in [0.1, 0.15) is 0 Å². The van der Waals surface area contributed by atoms with Crippen LogP contribution in [0.2, 0.25) is 0 Å². The highest BCUT2D eigenvalue weighted by Crippen LogP contribution is 1.99. The predicted molar refractivity (Wildman–Crippen MR) is 133 cm³/mol. The first-order valence-electron chi connectivity index (χ1n) is 10.6. The van der Waals surface area contributed by atoms with Gasteiger partial charge in [0.2, 0.25) is 5.96 Å². The van der Waals surface area contributed by atoms with Crippen LogP contribution in [0.4, 0.5) is 0 Å². The second kappa shape index (κ2) is 23.2. The monoisotopic (exact) mass is 431 g/mol. The summed E-state index contributed by atoms with van der Waals surface area (Å²) in [6.07, 6.45) is 28.4. The van der Waals surface area contributed by atoms with Crippen LogP contribution < -0.4 is 11.5 Å². The molecule has 0 heterocycles. The average Bonchev–Trinajstić information content (AvgIpc) is 2.70. The fraction of sp³-hybridized carbons (Fsp3) is 0.458. The highest BCUT2D eigenvalue weighted by Gasteiger charge is 1.93. The number of carboxylic acid groups (broad SMARTS) is 1. The number of nitrogens with two attached hydrogens (primary N) is 2. The Labute approximate surface area is 188 Å². The van der Waals surface area contributed by atoms with E-state index in [4.69, 9.17) is 22.0 Å². The van der Waals surface area contributed by atoms with Crippen molar-refractivity contribution in [1.82, 2.24) is 4.90 Å². The highest BCUT2D eigenvalue weighted by atomic mass is 16.4. The minimum absolute atomic E-state index is 0.238. The Kier molecular flexibility index (Phi) is 22.5. The van der Waals surface area contributed by atoms with Crippen LogP contribution in [0.1, 0.15) is 58.3 Å². The summed E-state index contributed by atoms with van der Waals surface area (Å²) >= 11 is 0. The van der Waals surface area contributed by atoms with Crippen molar-refractivity contribution in [2.75, 3.05) is 14.1 Å². The largest absolute Gasteiger partial charge is 0.481 e. The number of nitrogens with zero attached hydrogens (tertiary/aromatic N) is 2. The summed E-state index contributed by atoms with van der Waals surface area (Å²) in [5, 5.41) is 15.2. The van der Waals surface area contributed by atoms with E-state index in [0.717, 1.165) is 44.9 Å². The van der Waals surface area contributed by atoms with Gasteiger partial charge in [0, 0.05) is 20.5 Å². The van der Waals surface area contributed by atoms with Crippen molar-refractivity contribution in [2.45, 2.75) is 58.3 Å². The van der Waals surface area contributed by atoms with Gasteiger partial charge in [-0.2, -0.15) is 4.99 Å². The highest BCUT2D eigenvalue weighted by molar-refractivity contribution is 5.91. The van der Waals surface area contributed by atoms with E-state index in [9.17, 15) is 4.79 Å². The van der Waals surface area contributed by atoms with Crippen LogP contribution >= 0.6 is 0 Å². The lowest BCUT2D eigenvalue weighted by molar-refractivity contribution is -0.137. The molecule has 0 unspecified atom stereocenters. The molecule has 0 amide bonds. The van der Waals surface area contributed by atoms with Crippen LogP contribution in [-0.2, 0) is 4.79 Å². The van der Waals surface area contributed by atoms with Gasteiger partial charge < -0.3 is 21.5 Å². The minimum Gasteiger partial charge on any atom is -0.481 e. The first-order chi connectivity index (χ1) is 14.8. The van der Waals surface area contributed by atoms with E-state index in [2.05, 4.69) is 72.7 Å². The summed E-state index contributed by atoms with van der Waals surface area (Å²) in [7, 11) is 3.45. The molecule has 0 aromatic heterocycles. The molecule has 0 radical (unpaired) electrons. The van der Waals surface area contributed by atoms with Gasteiger partial charge >= 0.3 is 5.97 Å². The van der Waals surface area contributed by atoms with Gasteiger partial charge in [0.25, 0.3) is 0 Å². The lowest BCUT2D eigenvalue weighted by Crippen LogP contribution is -2.32. The van der Waals surface area contributed by atoms with E-state index in [1.807, 2.05) is 0 Å². The lowest BCUT2D eigenvalue weighted by Gasteiger charge is -2.08. The van der Waals surface area contributed by atoms with E-state index in [0.29, 0.717) is 0 Å². The first kappa shape index (κ1) is 30.1. The van der Waals surface area contributed by atoms with Gasteiger partial charge in [-0.25, -0.2) is 0 Å². The SMILES string of the molecule is CC/C=C\C/C=C\C/C=C\C/C=C\C/C=C\CCCC(=O)O.CN(C)C(N)=NC(=N)N. The zero-order valence-corrected chi connectivity index (χ0v) is 19.3. The van der Waals surface area contributed by atoms with E-state index in [-0.39, 0.29) is 18.3 Å². The van der Waals surface area contributed by atoms with Crippen molar-refractivity contribution in [3.8, 4) is 0 Å². The van der Waals surface area contributed by atoms with Crippen molar-refractivity contribution < 1.29 is 9.90 Å². The molecule has 0 aromatic carbocycles. The number of aliphatic imine (C=N–C) groups is 1. The molecule has 0 aliphatic heterocycles. The quantitative estimate of drug-likeness (QED) is 0.145. The molecule has 31 heavy (non-hydrogen) atoms. The molecule has 6 N–H and O–H groups in total. The topological polar surface area (TPSA) is 129 Å². The molecule has 0 saturated carbocycles. The number of hydrogen-bond donors (Lipinski definition) is 4. The molecule has 7 nitrogen and oxygen atoms in total. The third-order valence-electron chi connectivity index (χ3n) is 3.61. The molecule has 0 atom stereocenters. The fourth-order valence-corrected chi connectivity index (χ4v) is 1.96. The number of carboxylic acids is 1. The Morgan fingerprint density at radius 2 is 1.29 bits per heavy atom. The Hall–Kier alpha value is -3.09. The van der Waals surface area contributed by atoms with Gasteiger partial charge in [-0.1, -0.05) is 67.7 Å². The molecule has 0 rings (SSSR count). The molecule has 174 valence electrons. The zero-order chi connectivity index (χ0) is 23.7. The van der Waals surface area contributed by atoms with Crippen molar-refractivity contribution in [3.63, 3.8) is 0 Å². The molecule has 7 heteroatoms. The summed E-state index contributed by atoms with van der Waals surface area (Å²) in [6, 6.07) is 0. The molecule has 0 aliphatic carbocycles. The Morgan fingerprint density at radius 3 is 1.61 bits per heavy atom. The second-order valence-electron chi connectivity index (χ2n) is 6.74. The van der Waals surface area contributed by atoms with Gasteiger partial charge in [-0.15, -0.1) is 0 Å².